The van der Waals surface area contributed by atoms with Gasteiger partial charge in [0.05, 0.1) is 5.92 Å². The molecule has 0 spiro atoms. The van der Waals surface area contributed by atoms with Crippen molar-refractivity contribution in [3.8, 4) is 0 Å². The van der Waals surface area contributed by atoms with Gasteiger partial charge in [-0.2, -0.15) is 0 Å². The largest absolute Gasteiger partial charge is 0.351 e. The van der Waals surface area contributed by atoms with Crippen LogP contribution in [0.4, 0.5) is 0 Å². The molecule has 1 unspecified atom stereocenters. The SMILES string of the molecule is CC(C)(NC(=O)C(CN)Cc1ccccc1)C1CC1. The van der Waals surface area contributed by atoms with E-state index in [2.05, 4.69) is 19.2 Å². The topological polar surface area (TPSA) is 55.1 Å². The first kappa shape index (κ1) is 14.1. The van der Waals surface area contributed by atoms with Gasteiger partial charge < -0.3 is 11.1 Å². The lowest BCUT2D eigenvalue weighted by Gasteiger charge is -2.28. The molecule has 1 aromatic carbocycles. The Bertz CT molecular complexity index is 424. The van der Waals surface area contributed by atoms with Gasteiger partial charge in [-0.3, -0.25) is 4.79 Å². The van der Waals surface area contributed by atoms with Crippen LogP contribution in [0.3, 0.4) is 0 Å². The Balaban J connectivity index is 1.95. The summed E-state index contributed by atoms with van der Waals surface area (Å²) in [5.41, 5.74) is 6.84. The Kier molecular flexibility index (Phi) is 4.25. The zero-order chi connectivity index (χ0) is 13.9. The zero-order valence-corrected chi connectivity index (χ0v) is 11.9. The first-order valence-electron chi connectivity index (χ1n) is 7.09. The maximum Gasteiger partial charge on any atom is 0.225 e. The molecule has 3 heteroatoms. The van der Waals surface area contributed by atoms with Crippen molar-refractivity contribution < 1.29 is 4.79 Å². The molecule has 0 aliphatic heterocycles. The summed E-state index contributed by atoms with van der Waals surface area (Å²) in [4.78, 5) is 12.3. The Labute approximate surface area is 115 Å². The van der Waals surface area contributed by atoms with Crippen molar-refractivity contribution in [1.29, 1.82) is 0 Å². The van der Waals surface area contributed by atoms with Crippen LogP contribution in [0.25, 0.3) is 0 Å². The molecule has 1 atom stereocenters. The van der Waals surface area contributed by atoms with Crippen LogP contribution in [0, 0.1) is 11.8 Å². The summed E-state index contributed by atoms with van der Waals surface area (Å²) >= 11 is 0. The van der Waals surface area contributed by atoms with Crippen LogP contribution < -0.4 is 11.1 Å². The molecule has 1 fully saturated rings. The number of carbonyl (C=O) groups excluding carboxylic acids is 1. The standard InChI is InChI=1S/C16H24N2O/c1-16(2,14-8-9-14)18-15(19)13(11-17)10-12-6-4-3-5-7-12/h3-7,13-14H,8-11,17H2,1-2H3,(H,18,19). The lowest BCUT2D eigenvalue weighted by atomic mass is 9.94. The van der Waals surface area contributed by atoms with Gasteiger partial charge in [-0.05, 0) is 44.6 Å². The summed E-state index contributed by atoms with van der Waals surface area (Å²) in [5.74, 6) is 0.579. The van der Waals surface area contributed by atoms with Gasteiger partial charge in [0.1, 0.15) is 0 Å². The van der Waals surface area contributed by atoms with Crippen LogP contribution in [0.2, 0.25) is 0 Å². The first-order chi connectivity index (χ1) is 9.03. The predicted octanol–water partition coefficient (Wildman–Crippen LogP) is 2.11. The van der Waals surface area contributed by atoms with Gasteiger partial charge in [0.15, 0.2) is 0 Å². The second-order valence-corrected chi connectivity index (χ2v) is 6.11. The minimum absolute atomic E-state index is 0.0863. The average Bonchev–Trinajstić information content (AvgIpc) is 3.21. The third-order valence-corrected chi connectivity index (χ3v) is 4.02. The van der Waals surface area contributed by atoms with E-state index < -0.39 is 0 Å². The normalized spacial score (nSPS) is 17.0. The van der Waals surface area contributed by atoms with Crippen molar-refractivity contribution in [2.45, 2.75) is 38.6 Å². The van der Waals surface area contributed by atoms with E-state index in [1.54, 1.807) is 0 Å². The quantitative estimate of drug-likeness (QED) is 0.823. The molecule has 2 rings (SSSR count). The van der Waals surface area contributed by atoms with Gasteiger partial charge in [0.2, 0.25) is 5.91 Å². The van der Waals surface area contributed by atoms with Gasteiger partial charge >= 0.3 is 0 Å². The lowest BCUT2D eigenvalue weighted by molar-refractivity contribution is -0.126. The summed E-state index contributed by atoms with van der Waals surface area (Å²) in [5, 5.41) is 3.17. The molecule has 3 nitrogen and oxygen atoms in total. The summed E-state index contributed by atoms with van der Waals surface area (Å²) in [6.45, 7) is 4.61. The summed E-state index contributed by atoms with van der Waals surface area (Å²) < 4.78 is 0. The molecule has 104 valence electrons. The van der Waals surface area contributed by atoms with Crippen LogP contribution in [0.1, 0.15) is 32.3 Å². The van der Waals surface area contributed by atoms with E-state index in [1.807, 2.05) is 30.3 Å². The second kappa shape index (κ2) is 5.74. The van der Waals surface area contributed by atoms with Crippen LogP contribution >= 0.6 is 0 Å². The molecule has 1 amide bonds. The van der Waals surface area contributed by atoms with Crippen molar-refractivity contribution in [2.75, 3.05) is 6.54 Å². The summed E-state index contributed by atoms with van der Waals surface area (Å²) in [6.07, 6.45) is 3.16. The fourth-order valence-electron chi connectivity index (χ4n) is 2.51. The number of nitrogens with two attached hydrogens (primary N) is 1. The monoisotopic (exact) mass is 260 g/mol. The molecule has 1 saturated carbocycles. The van der Waals surface area contributed by atoms with Crippen LogP contribution in [-0.4, -0.2) is 18.0 Å². The van der Waals surface area contributed by atoms with E-state index in [4.69, 9.17) is 5.73 Å². The Morgan fingerprint density at radius 2 is 2.00 bits per heavy atom. The lowest BCUT2D eigenvalue weighted by Crippen LogP contribution is -2.49. The maximum atomic E-state index is 12.3. The Morgan fingerprint density at radius 3 is 2.53 bits per heavy atom. The number of amides is 1. The third-order valence-electron chi connectivity index (χ3n) is 4.02. The predicted molar refractivity (Wildman–Crippen MR) is 77.6 cm³/mol. The molecule has 0 radical (unpaired) electrons. The Hall–Kier alpha value is -1.35. The highest BCUT2D eigenvalue weighted by Crippen LogP contribution is 2.39. The number of benzene rings is 1. The molecule has 3 N–H and O–H groups in total. The van der Waals surface area contributed by atoms with E-state index in [-0.39, 0.29) is 17.4 Å². The maximum absolute atomic E-state index is 12.3. The number of hydrogen-bond donors (Lipinski definition) is 2. The molecule has 19 heavy (non-hydrogen) atoms. The van der Waals surface area contributed by atoms with E-state index in [0.29, 0.717) is 18.9 Å². The Morgan fingerprint density at radius 1 is 1.37 bits per heavy atom. The number of nitrogens with one attached hydrogen (secondary N) is 1. The van der Waals surface area contributed by atoms with E-state index >= 15 is 0 Å². The van der Waals surface area contributed by atoms with Crippen molar-refractivity contribution in [1.82, 2.24) is 5.32 Å². The van der Waals surface area contributed by atoms with Gasteiger partial charge in [-0.1, -0.05) is 30.3 Å². The highest BCUT2D eigenvalue weighted by molar-refractivity contribution is 5.80. The fraction of sp³-hybridized carbons (Fsp3) is 0.562. The zero-order valence-electron chi connectivity index (χ0n) is 11.9. The molecule has 1 aliphatic carbocycles. The number of rotatable bonds is 6. The van der Waals surface area contributed by atoms with E-state index in [0.717, 1.165) is 5.56 Å². The van der Waals surface area contributed by atoms with Crippen molar-refractivity contribution in [2.24, 2.45) is 17.6 Å². The van der Waals surface area contributed by atoms with Crippen molar-refractivity contribution in [3.63, 3.8) is 0 Å². The molecule has 0 aromatic heterocycles. The third kappa shape index (κ3) is 3.80. The molecule has 0 heterocycles. The summed E-state index contributed by atoms with van der Waals surface area (Å²) in [7, 11) is 0. The molecular formula is C16H24N2O. The van der Waals surface area contributed by atoms with E-state index in [1.165, 1.54) is 12.8 Å². The highest BCUT2D eigenvalue weighted by atomic mass is 16.2. The van der Waals surface area contributed by atoms with Crippen LogP contribution in [0.15, 0.2) is 30.3 Å². The van der Waals surface area contributed by atoms with Crippen molar-refractivity contribution >= 4 is 5.91 Å². The average molecular weight is 260 g/mol. The molecule has 0 saturated heterocycles. The minimum atomic E-state index is -0.138. The molecule has 1 aromatic rings. The van der Waals surface area contributed by atoms with Crippen molar-refractivity contribution in [3.05, 3.63) is 35.9 Å². The fourth-order valence-corrected chi connectivity index (χ4v) is 2.51. The van der Waals surface area contributed by atoms with Gasteiger partial charge in [-0.15, -0.1) is 0 Å². The number of carbonyl (C=O) groups is 1. The molecule has 0 bridgehead atoms. The van der Waals surface area contributed by atoms with Crippen LogP contribution in [0.5, 0.6) is 0 Å². The van der Waals surface area contributed by atoms with E-state index in [9.17, 15) is 4.79 Å². The first-order valence-corrected chi connectivity index (χ1v) is 7.09. The second-order valence-electron chi connectivity index (χ2n) is 6.11. The molecule has 1 aliphatic rings. The van der Waals surface area contributed by atoms with Crippen LogP contribution in [-0.2, 0) is 11.2 Å². The smallest absolute Gasteiger partial charge is 0.225 e. The number of hydrogen-bond acceptors (Lipinski definition) is 2. The van der Waals surface area contributed by atoms with Gasteiger partial charge in [0.25, 0.3) is 0 Å². The summed E-state index contributed by atoms with van der Waals surface area (Å²) in [6, 6.07) is 10.1. The minimum Gasteiger partial charge on any atom is -0.351 e. The highest BCUT2D eigenvalue weighted by Gasteiger charge is 2.39. The molecular weight excluding hydrogens is 236 g/mol. The van der Waals surface area contributed by atoms with Gasteiger partial charge in [0, 0.05) is 12.1 Å². The van der Waals surface area contributed by atoms with Gasteiger partial charge in [-0.25, -0.2) is 0 Å².